The lowest BCUT2D eigenvalue weighted by molar-refractivity contribution is 0.0640. The number of carboxylic acid groups (broad SMARTS) is 1. The third kappa shape index (κ3) is 4.35. The van der Waals surface area contributed by atoms with Gasteiger partial charge in [-0.3, -0.25) is 0 Å². The molecule has 0 spiro atoms. The van der Waals surface area contributed by atoms with Gasteiger partial charge in [-0.05, 0) is 12.5 Å². The van der Waals surface area contributed by atoms with Crippen LogP contribution in [0.3, 0.4) is 0 Å². The van der Waals surface area contributed by atoms with Crippen LogP contribution in [0.25, 0.3) is 0 Å². The van der Waals surface area contributed by atoms with Crippen molar-refractivity contribution in [3.05, 3.63) is 17.9 Å². The molecule has 0 aromatic carbocycles. The smallest absolute Gasteiger partial charge is 0.371 e. The summed E-state index contributed by atoms with van der Waals surface area (Å²) in [7, 11) is 0. The van der Waals surface area contributed by atoms with Gasteiger partial charge in [0.25, 0.3) is 5.95 Å². The molecule has 1 aromatic rings. The van der Waals surface area contributed by atoms with E-state index in [-0.39, 0.29) is 11.7 Å². The molecule has 5 nitrogen and oxygen atoms in total. The van der Waals surface area contributed by atoms with Crippen molar-refractivity contribution in [2.45, 2.75) is 19.8 Å². The second-order valence-corrected chi connectivity index (χ2v) is 3.24. The number of hydrogen-bond donors (Lipinski definition) is 1. The molecule has 1 aromatic heterocycles. The quantitative estimate of drug-likeness (QED) is 0.690. The van der Waals surface area contributed by atoms with Gasteiger partial charge in [-0.25, -0.2) is 4.79 Å². The molecule has 0 fully saturated rings. The number of carbonyl (C=O) groups is 1. The van der Waals surface area contributed by atoms with Crippen LogP contribution in [-0.4, -0.2) is 30.9 Å². The molecular formula is C11H16O5. The van der Waals surface area contributed by atoms with Crippen LogP contribution in [0.15, 0.2) is 16.5 Å². The highest BCUT2D eigenvalue weighted by Gasteiger charge is 2.09. The summed E-state index contributed by atoms with van der Waals surface area (Å²) in [6, 6.07) is 2.84. The Balaban J connectivity index is 2.14. The molecule has 90 valence electrons. The highest BCUT2D eigenvalue weighted by atomic mass is 16.6. The zero-order valence-electron chi connectivity index (χ0n) is 9.27. The summed E-state index contributed by atoms with van der Waals surface area (Å²) in [6.07, 6.45) is 2.13. The van der Waals surface area contributed by atoms with Crippen LogP contribution in [-0.2, 0) is 4.74 Å². The number of aromatic carboxylic acids is 1. The van der Waals surface area contributed by atoms with Crippen molar-refractivity contribution in [3.8, 4) is 5.95 Å². The molecule has 1 N–H and O–H groups in total. The van der Waals surface area contributed by atoms with Crippen LogP contribution in [0.4, 0.5) is 0 Å². The first kappa shape index (κ1) is 12.6. The minimum Gasteiger partial charge on any atom is -0.475 e. The van der Waals surface area contributed by atoms with Crippen LogP contribution >= 0.6 is 0 Å². The maximum atomic E-state index is 10.5. The molecule has 0 atom stereocenters. The monoisotopic (exact) mass is 228 g/mol. The summed E-state index contributed by atoms with van der Waals surface area (Å²) >= 11 is 0. The minimum absolute atomic E-state index is 0.123. The number of furan rings is 1. The lowest BCUT2D eigenvalue weighted by Gasteiger charge is -2.03. The second kappa shape index (κ2) is 6.90. The van der Waals surface area contributed by atoms with E-state index in [9.17, 15) is 4.79 Å². The van der Waals surface area contributed by atoms with Gasteiger partial charge in [0.1, 0.15) is 6.61 Å². The van der Waals surface area contributed by atoms with Gasteiger partial charge in [0.05, 0.1) is 6.61 Å². The average Bonchev–Trinajstić information content (AvgIpc) is 2.72. The van der Waals surface area contributed by atoms with Gasteiger partial charge in [0, 0.05) is 12.7 Å². The number of rotatable bonds is 8. The van der Waals surface area contributed by atoms with E-state index < -0.39 is 5.97 Å². The van der Waals surface area contributed by atoms with Gasteiger partial charge in [-0.15, -0.1) is 0 Å². The highest BCUT2D eigenvalue weighted by molar-refractivity contribution is 5.84. The Morgan fingerprint density at radius 2 is 2.19 bits per heavy atom. The minimum atomic E-state index is -1.10. The largest absolute Gasteiger partial charge is 0.475 e. The fraction of sp³-hybridized carbons (Fsp3) is 0.545. The van der Waals surface area contributed by atoms with E-state index >= 15 is 0 Å². The first-order valence-corrected chi connectivity index (χ1v) is 5.27. The zero-order chi connectivity index (χ0) is 11.8. The zero-order valence-corrected chi connectivity index (χ0v) is 9.27. The van der Waals surface area contributed by atoms with Gasteiger partial charge in [0.15, 0.2) is 0 Å². The summed E-state index contributed by atoms with van der Waals surface area (Å²) in [5.41, 5.74) is 0. The Bertz CT molecular complexity index is 318. The maximum absolute atomic E-state index is 10.5. The van der Waals surface area contributed by atoms with Crippen LogP contribution in [0.2, 0.25) is 0 Å². The van der Waals surface area contributed by atoms with Crippen LogP contribution in [0.5, 0.6) is 5.95 Å². The van der Waals surface area contributed by atoms with E-state index in [1.807, 2.05) is 0 Å². The van der Waals surface area contributed by atoms with Crippen molar-refractivity contribution < 1.29 is 23.8 Å². The molecule has 1 rings (SSSR count). The van der Waals surface area contributed by atoms with E-state index in [2.05, 4.69) is 6.92 Å². The SMILES string of the molecule is CCCCOCCOc1ccc(C(=O)O)o1. The normalized spacial score (nSPS) is 10.3. The lowest BCUT2D eigenvalue weighted by atomic mass is 10.4. The predicted octanol–water partition coefficient (Wildman–Crippen LogP) is 2.17. The van der Waals surface area contributed by atoms with Crippen molar-refractivity contribution in [2.75, 3.05) is 19.8 Å². The maximum Gasteiger partial charge on any atom is 0.371 e. The fourth-order valence-corrected chi connectivity index (χ4v) is 1.06. The lowest BCUT2D eigenvalue weighted by Crippen LogP contribution is -2.07. The Kier molecular flexibility index (Phi) is 5.42. The first-order chi connectivity index (χ1) is 7.74. The molecule has 0 aliphatic carbocycles. The van der Waals surface area contributed by atoms with E-state index in [0.717, 1.165) is 19.4 Å². The molecule has 0 aliphatic heterocycles. The molecule has 0 amide bonds. The number of hydrogen-bond acceptors (Lipinski definition) is 4. The van der Waals surface area contributed by atoms with Crippen LogP contribution in [0, 0.1) is 0 Å². The summed E-state index contributed by atoms with van der Waals surface area (Å²) < 4.78 is 15.3. The van der Waals surface area contributed by atoms with E-state index in [0.29, 0.717) is 13.2 Å². The average molecular weight is 228 g/mol. The topological polar surface area (TPSA) is 68.9 Å². The molecular weight excluding hydrogens is 212 g/mol. The van der Waals surface area contributed by atoms with E-state index in [1.54, 1.807) is 0 Å². The summed E-state index contributed by atoms with van der Waals surface area (Å²) in [5.74, 6) is -1.02. The number of carboxylic acids is 1. The Morgan fingerprint density at radius 3 is 2.81 bits per heavy atom. The summed E-state index contributed by atoms with van der Waals surface area (Å²) in [6.45, 7) is 3.65. The van der Waals surface area contributed by atoms with Gasteiger partial charge in [0.2, 0.25) is 5.76 Å². The highest BCUT2D eigenvalue weighted by Crippen LogP contribution is 2.15. The molecule has 0 aliphatic rings. The predicted molar refractivity (Wildman–Crippen MR) is 56.9 cm³/mol. The standard InChI is InChI=1S/C11H16O5/c1-2-3-6-14-7-8-15-10-5-4-9(16-10)11(12)13/h4-5H,2-3,6-8H2,1H3,(H,12,13). The van der Waals surface area contributed by atoms with Crippen molar-refractivity contribution >= 4 is 5.97 Å². The summed E-state index contributed by atoms with van der Waals surface area (Å²) in [4.78, 5) is 10.5. The molecule has 0 radical (unpaired) electrons. The van der Waals surface area contributed by atoms with Gasteiger partial charge < -0.3 is 19.0 Å². The Hall–Kier alpha value is -1.49. The van der Waals surface area contributed by atoms with Crippen LogP contribution < -0.4 is 4.74 Å². The second-order valence-electron chi connectivity index (χ2n) is 3.24. The molecule has 0 saturated heterocycles. The van der Waals surface area contributed by atoms with E-state index in [4.69, 9.17) is 19.0 Å². The van der Waals surface area contributed by atoms with Gasteiger partial charge in [-0.2, -0.15) is 0 Å². The van der Waals surface area contributed by atoms with Crippen molar-refractivity contribution in [1.29, 1.82) is 0 Å². The first-order valence-electron chi connectivity index (χ1n) is 5.27. The van der Waals surface area contributed by atoms with Crippen LogP contribution in [0.1, 0.15) is 30.3 Å². The third-order valence-electron chi connectivity index (χ3n) is 1.91. The Labute approximate surface area is 94.0 Å². The molecule has 1 heterocycles. The Morgan fingerprint density at radius 1 is 1.38 bits per heavy atom. The number of ether oxygens (including phenoxy) is 2. The number of unbranched alkanes of at least 4 members (excludes halogenated alkanes) is 1. The summed E-state index contributed by atoms with van der Waals surface area (Å²) in [5, 5.41) is 8.59. The third-order valence-corrected chi connectivity index (χ3v) is 1.91. The van der Waals surface area contributed by atoms with E-state index in [1.165, 1.54) is 12.1 Å². The fourth-order valence-electron chi connectivity index (χ4n) is 1.06. The molecule has 16 heavy (non-hydrogen) atoms. The molecule has 0 unspecified atom stereocenters. The molecule has 0 saturated carbocycles. The van der Waals surface area contributed by atoms with Gasteiger partial charge >= 0.3 is 5.97 Å². The van der Waals surface area contributed by atoms with Crippen molar-refractivity contribution in [2.24, 2.45) is 0 Å². The molecule has 0 bridgehead atoms. The molecule has 5 heteroatoms. The van der Waals surface area contributed by atoms with Crippen molar-refractivity contribution in [3.63, 3.8) is 0 Å². The van der Waals surface area contributed by atoms with Crippen molar-refractivity contribution in [1.82, 2.24) is 0 Å². The van der Waals surface area contributed by atoms with Gasteiger partial charge in [-0.1, -0.05) is 13.3 Å².